The van der Waals surface area contributed by atoms with Gasteiger partial charge in [-0.05, 0) is 69.2 Å². The minimum Gasteiger partial charge on any atom is -0.474 e. The van der Waals surface area contributed by atoms with Crippen molar-refractivity contribution in [2.24, 2.45) is 0 Å². The Morgan fingerprint density at radius 2 is 2.17 bits per heavy atom. The third-order valence-corrected chi connectivity index (χ3v) is 5.69. The monoisotopic (exact) mass is 425 g/mol. The molecule has 0 saturated heterocycles. The van der Waals surface area contributed by atoms with E-state index in [0.29, 0.717) is 40.5 Å². The first-order valence-corrected chi connectivity index (χ1v) is 10.5. The fourth-order valence-corrected chi connectivity index (χ4v) is 4.28. The second kappa shape index (κ2) is 8.19. The van der Waals surface area contributed by atoms with E-state index in [1.54, 1.807) is 19.2 Å². The molecule has 0 bridgehead atoms. The highest BCUT2D eigenvalue weighted by Gasteiger charge is 2.27. The van der Waals surface area contributed by atoms with Crippen LogP contribution in [0, 0.1) is 6.92 Å². The zero-order valence-corrected chi connectivity index (χ0v) is 18.3. The molecule has 1 aliphatic rings. The number of hydrogen-bond acceptors (Lipinski definition) is 6. The normalized spacial score (nSPS) is 15.5. The van der Waals surface area contributed by atoms with Gasteiger partial charge in [0.25, 0.3) is 5.89 Å². The molecule has 0 aliphatic heterocycles. The van der Waals surface area contributed by atoms with Gasteiger partial charge >= 0.3 is 0 Å². The third kappa shape index (κ3) is 3.97. The van der Waals surface area contributed by atoms with E-state index in [4.69, 9.17) is 20.9 Å². The summed E-state index contributed by atoms with van der Waals surface area (Å²) >= 11 is 6.28. The van der Waals surface area contributed by atoms with E-state index in [-0.39, 0.29) is 11.9 Å². The van der Waals surface area contributed by atoms with E-state index in [2.05, 4.69) is 28.1 Å². The molecule has 2 heterocycles. The molecule has 2 aromatic heterocycles. The maximum Gasteiger partial charge on any atom is 0.259 e. The lowest BCUT2D eigenvalue weighted by Crippen LogP contribution is -2.07. The second-order valence-electron chi connectivity index (χ2n) is 8.05. The van der Waals surface area contributed by atoms with Crippen molar-refractivity contribution in [3.05, 3.63) is 46.1 Å². The summed E-state index contributed by atoms with van der Waals surface area (Å²) in [5.41, 5.74) is 5.28. The summed E-state index contributed by atoms with van der Waals surface area (Å²) in [4.78, 5) is 20.4. The number of nitrogens with zero attached hydrogens (tertiary/aromatic N) is 3. The predicted molar refractivity (Wildman–Crippen MR) is 115 cm³/mol. The van der Waals surface area contributed by atoms with Crippen LogP contribution in [0.2, 0.25) is 5.02 Å². The number of carbonyl (C=O) groups is 1. The summed E-state index contributed by atoms with van der Waals surface area (Å²) in [5, 5.41) is 4.57. The van der Waals surface area contributed by atoms with Gasteiger partial charge in [0.2, 0.25) is 11.7 Å². The van der Waals surface area contributed by atoms with Crippen molar-refractivity contribution in [1.29, 1.82) is 0 Å². The van der Waals surface area contributed by atoms with Gasteiger partial charge in [0.1, 0.15) is 10.8 Å². The smallest absolute Gasteiger partial charge is 0.259 e. The molecule has 0 saturated carbocycles. The number of benzene rings is 1. The number of Topliss-reactive ketones (excluding diaryl/α,β-unsaturated/α-hetero) is 1. The Hall–Kier alpha value is -2.73. The molecule has 1 unspecified atom stereocenters. The molecule has 3 aromatic rings. The number of ether oxygens (including phenoxy) is 1. The Morgan fingerprint density at radius 1 is 1.37 bits per heavy atom. The largest absolute Gasteiger partial charge is 0.474 e. The minimum atomic E-state index is -0.0197. The third-order valence-electron chi connectivity index (χ3n) is 5.42. The lowest BCUT2D eigenvalue weighted by Gasteiger charge is -2.12. The standard InChI is InChI=1S/C23H24ClN3O3/c1-12(2)29-23-20(24)10-16(11-25-23)22-26-21(27-30-22)18-7-8-19-15(9-13(3)28)5-6-17(19)14(18)4/h7-8,10-12,15H,5-6,9H2,1-4H3. The van der Waals surface area contributed by atoms with Crippen LogP contribution in [0.5, 0.6) is 5.88 Å². The fraction of sp³-hybridized carbons (Fsp3) is 0.391. The van der Waals surface area contributed by atoms with E-state index in [9.17, 15) is 4.79 Å². The van der Waals surface area contributed by atoms with E-state index in [0.717, 1.165) is 24.0 Å². The van der Waals surface area contributed by atoms with Crippen LogP contribution in [0.15, 0.2) is 28.9 Å². The SMILES string of the molecule is CC(=O)CC1CCc2c1ccc(-c1noc(-c3cnc(OC(C)C)c(Cl)c3)n1)c2C. The minimum absolute atomic E-state index is 0.0197. The molecule has 1 aliphatic carbocycles. The molecule has 6 nitrogen and oxygen atoms in total. The first-order valence-electron chi connectivity index (χ1n) is 10.1. The molecule has 7 heteroatoms. The van der Waals surface area contributed by atoms with Crippen LogP contribution in [-0.4, -0.2) is 27.0 Å². The fourth-order valence-electron chi connectivity index (χ4n) is 4.07. The quantitative estimate of drug-likeness (QED) is 0.514. The summed E-state index contributed by atoms with van der Waals surface area (Å²) < 4.78 is 11.1. The molecular weight excluding hydrogens is 402 g/mol. The van der Waals surface area contributed by atoms with Crippen LogP contribution in [0.25, 0.3) is 22.8 Å². The zero-order valence-electron chi connectivity index (χ0n) is 17.5. The number of ketones is 1. The van der Waals surface area contributed by atoms with Crippen molar-refractivity contribution >= 4 is 17.4 Å². The van der Waals surface area contributed by atoms with Crippen molar-refractivity contribution in [3.63, 3.8) is 0 Å². The maximum atomic E-state index is 11.6. The number of pyridine rings is 1. The Morgan fingerprint density at radius 3 is 2.87 bits per heavy atom. The van der Waals surface area contributed by atoms with Crippen LogP contribution >= 0.6 is 11.6 Å². The number of carbonyl (C=O) groups excluding carboxylic acids is 1. The first kappa shape index (κ1) is 20.5. The van der Waals surface area contributed by atoms with Gasteiger partial charge in [-0.25, -0.2) is 4.98 Å². The molecule has 0 fully saturated rings. The van der Waals surface area contributed by atoms with Gasteiger partial charge in [0.05, 0.1) is 11.7 Å². The van der Waals surface area contributed by atoms with Crippen molar-refractivity contribution < 1.29 is 14.1 Å². The van der Waals surface area contributed by atoms with Crippen LogP contribution in [-0.2, 0) is 11.2 Å². The van der Waals surface area contributed by atoms with Crippen molar-refractivity contribution in [2.75, 3.05) is 0 Å². The molecule has 0 N–H and O–H groups in total. The Balaban J connectivity index is 1.62. The van der Waals surface area contributed by atoms with Crippen LogP contribution in [0.3, 0.4) is 0 Å². The lowest BCUT2D eigenvalue weighted by molar-refractivity contribution is -0.117. The maximum absolute atomic E-state index is 11.6. The van der Waals surface area contributed by atoms with Crippen LogP contribution in [0.4, 0.5) is 0 Å². The van der Waals surface area contributed by atoms with Gasteiger partial charge in [-0.1, -0.05) is 28.9 Å². The zero-order chi connectivity index (χ0) is 21.4. The van der Waals surface area contributed by atoms with E-state index in [1.165, 1.54) is 11.1 Å². The first-order chi connectivity index (χ1) is 14.3. The van der Waals surface area contributed by atoms with E-state index >= 15 is 0 Å². The number of hydrogen-bond donors (Lipinski definition) is 0. The number of fused-ring (bicyclic) bond motifs is 1. The van der Waals surface area contributed by atoms with Gasteiger partial charge in [0, 0.05) is 18.2 Å². The van der Waals surface area contributed by atoms with E-state index < -0.39 is 0 Å². The lowest BCUT2D eigenvalue weighted by atomic mass is 9.92. The molecule has 0 radical (unpaired) electrons. The second-order valence-corrected chi connectivity index (χ2v) is 8.46. The summed E-state index contributed by atoms with van der Waals surface area (Å²) in [5.74, 6) is 1.80. The number of aromatic nitrogens is 3. The average Bonchev–Trinajstić information content (AvgIpc) is 3.31. The van der Waals surface area contributed by atoms with Gasteiger partial charge in [-0.2, -0.15) is 4.98 Å². The number of halogens is 1. The Bertz CT molecular complexity index is 1110. The molecule has 0 amide bonds. The molecule has 1 atom stereocenters. The highest BCUT2D eigenvalue weighted by atomic mass is 35.5. The van der Waals surface area contributed by atoms with Gasteiger partial charge in [0.15, 0.2) is 0 Å². The van der Waals surface area contributed by atoms with Crippen molar-refractivity contribution in [2.45, 2.75) is 59.0 Å². The van der Waals surface area contributed by atoms with Crippen molar-refractivity contribution in [1.82, 2.24) is 15.1 Å². The molecule has 0 spiro atoms. The topological polar surface area (TPSA) is 78.1 Å². The van der Waals surface area contributed by atoms with Crippen LogP contribution < -0.4 is 4.74 Å². The van der Waals surface area contributed by atoms with Crippen molar-refractivity contribution in [3.8, 4) is 28.7 Å². The highest BCUT2D eigenvalue weighted by Crippen LogP contribution is 2.40. The van der Waals surface area contributed by atoms with Gasteiger partial charge < -0.3 is 14.1 Å². The molecule has 156 valence electrons. The summed E-state index contributed by atoms with van der Waals surface area (Å²) in [7, 11) is 0. The molecule has 4 rings (SSSR count). The van der Waals surface area contributed by atoms with Gasteiger partial charge in [-0.15, -0.1) is 0 Å². The van der Waals surface area contributed by atoms with Crippen LogP contribution in [0.1, 0.15) is 56.2 Å². The van der Waals surface area contributed by atoms with E-state index in [1.807, 2.05) is 19.9 Å². The Kier molecular flexibility index (Phi) is 5.60. The number of rotatable bonds is 6. The molecule has 30 heavy (non-hydrogen) atoms. The Labute approximate surface area is 180 Å². The summed E-state index contributed by atoms with van der Waals surface area (Å²) in [6, 6.07) is 5.84. The predicted octanol–water partition coefficient (Wildman–Crippen LogP) is 5.56. The van der Waals surface area contributed by atoms with Gasteiger partial charge in [-0.3, -0.25) is 0 Å². The summed E-state index contributed by atoms with van der Waals surface area (Å²) in [6.07, 6.45) is 4.17. The highest BCUT2D eigenvalue weighted by molar-refractivity contribution is 6.32. The molecular formula is C23H24ClN3O3. The average molecular weight is 426 g/mol. The summed E-state index contributed by atoms with van der Waals surface area (Å²) in [6.45, 7) is 7.56. The molecule has 1 aromatic carbocycles.